The fourth-order valence-electron chi connectivity index (χ4n) is 1.95. The van der Waals surface area contributed by atoms with Gasteiger partial charge in [-0.3, -0.25) is 9.59 Å². The Hall–Kier alpha value is -1.62. The molecule has 0 aliphatic carbocycles. The Morgan fingerprint density at radius 2 is 2.41 bits per heavy atom. The molecule has 1 amide bonds. The first-order valence-corrected chi connectivity index (χ1v) is 5.78. The van der Waals surface area contributed by atoms with Gasteiger partial charge in [0, 0.05) is 12.7 Å². The van der Waals surface area contributed by atoms with Crippen LogP contribution < -0.4 is 10.9 Å². The van der Waals surface area contributed by atoms with E-state index in [0.717, 1.165) is 19.4 Å². The van der Waals surface area contributed by atoms with Gasteiger partial charge in [-0.05, 0) is 25.8 Å². The summed E-state index contributed by atoms with van der Waals surface area (Å²) in [6, 6.07) is 4.47. The van der Waals surface area contributed by atoms with Gasteiger partial charge in [-0.1, -0.05) is 6.07 Å². The van der Waals surface area contributed by atoms with Crippen LogP contribution >= 0.6 is 0 Å². The lowest BCUT2D eigenvalue weighted by atomic mass is 10.1. The van der Waals surface area contributed by atoms with E-state index in [9.17, 15) is 9.59 Å². The van der Waals surface area contributed by atoms with Crippen LogP contribution in [0.15, 0.2) is 23.0 Å². The lowest BCUT2D eigenvalue weighted by molar-refractivity contribution is 0.0709. The largest absolute Gasteiger partial charge is 0.376 e. The minimum atomic E-state index is -0.276. The minimum absolute atomic E-state index is 0.0475. The summed E-state index contributed by atoms with van der Waals surface area (Å²) in [5.74, 6) is -0.272. The maximum atomic E-state index is 11.8. The zero-order valence-electron chi connectivity index (χ0n) is 9.73. The predicted molar refractivity (Wildman–Crippen MR) is 63.0 cm³/mol. The molecule has 2 N–H and O–H groups in total. The van der Waals surface area contributed by atoms with Crippen molar-refractivity contribution < 1.29 is 9.53 Å². The molecule has 0 bridgehead atoms. The Kier molecular flexibility index (Phi) is 3.58. The first-order chi connectivity index (χ1) is 8.16. The molecule has 0 saturated carbocycles. The second kappa shape index (κ2) is 5.14. The number of hydrogen-bond acceptors (Lipinski definition) is 3. The van der Waals surface area contributed by atoms with Crippen molar-refractivity contribution >= 4 is 5.91 Å². The predicted octanol–water partition coefficient (Wildman–Crippen LogP) is 0.672. The Morgan fingerprint density at radius 1 is 1.59 bits per heavy atom. The Labute approximate surface area is 99.2 Å². The minimum Gasteiger partial charge on any atom is -0.376 e. The highest BCUT2D eigenvalue weighted by Crippen LogP contribution is 2.15. The quantitative estimate of drug-likeness (QED) is 0.810. The molecule has 2 unspecified atom stereocenters. The molecule has 5 heteroatoms. The van der Waals surface area contributed by atoms with Gasteiger partial charge < -0.3 is 15.0 Å². The summed E-state index contributed by atoms with van der Waals surface area (Å²) in [4.78, 5) is 25.4. The summed E-state index contributed by atoms with van der Waals surface area (Å²) in [6.45, 7) is 2.67. The van der Waals surface area contributed by atoms with E-state index >= 15 is 0 Å². The third kappa shape index (κ3) is 2.94. The summed E-state index contributed by atoms with van der Waals surface area (Å²) in [5.41, 5.74) is 0.00441. The van der Waals surface area contributed by atoms with Crippen molar-refractivity contribution in [3.05, 3.63) is 34.2 Å². The third-order valence-corrected chi connectivity index (χ3v) is 2.89. The number of nitrogens with one attached hydrogen (secondary N) is 2. The lowest BCUT2D eigenvalue weighted by Crippen LogP contribution is -2.41. The second-order valence-electron chi connectivity index (χ2n) is 4.24. The van der Waals surface area contributed by atoms with Crippen molar-refractivity contribution in [2.45, 2.75) is 31.9 Å². The molecule has 1 aromatic rings. The molecule has 5 nitrogen and oxygen atoms in total. The number of aromatic nitrogens is 1. The molecule has 2 rings (SSSR count). The molecule has 1 aliphatic rings. The van der Waals surface area contributed by atoms with E-state index in [1.54, 1.807) is 12.1 Å². The Morgan fingerprint density at radius 3 is 3.06 bits per heavy atom. The van der Waals surface area contributed by atoms with E-state index in [0.29, 0.717) is 0 Å². The first-order valence-electron chi connectivity index (χ1n) is 5.78. The molecule has 1 saturated heterocycles. The van der Waals surface area contributed by atoms with Crippen LogP contribution in [0.25, 0.3) is 0 Å². The van der Waals surface area contributed by atoms with Gasteiger partial charge in [-0.15, -0.1) is 0 Å². The Balaban J connectivity index is 1.98. The number of pyridine rings is 1. The van der Waals surface area contributed by atoms with Gasteiger partial charge in [-0.2, -0.15) is 0 Å². The van der Waals surface area contributed by atoms with Crippen molar-refractivity contribution in [3.8, 4) is 0 Å². The number of amides is 1. The normalized spacial score (nSPS) is 21.1. The topological polar surface area (TPSA) is 71.2 Å². The van der Waals surface area contributed by atoms with Gasteiger partial charge in [0.15, 0.2) is 0 Å². The van der Waals surface area contributed by atoms with E-state index in [-0.39, 0.29) is 29.3 Å². The number of carbonyl (C=O) groups is 1. The SMILES string of the molecule is CC(NC(=O)c1cccc(=O)[nH]1)C1CCCO1. The molecule has 17 heavy (non-hydrogen) atoms. The highest BCUT2D eigenvalue weighted by molar-refractivity contribution is 5.92. The second-order valence-corrected chi connectivity index (χ2v) is 4.24. The molecular formula is C12H16N2O3. The van der Waals surface area contributed by atoms with Crippen molar-refractivity contribution in [3.63, 3.8) is 0 Å². The summed E-state index contributed by atoms with van der Waals surface area (Å²) in [7, 11) is 0. The van der Waals surface area contributed by atoms with Crippen LogP contribution in [0.2, 0.25) is 0 Å². The summed E-state index contributed by atoms with van der Waals surface area (Å²) < 4.78 is 5.49. The fraction of sp³-hybridized carbons (Fsp3) is 0.500. The molecule has 2 heterocycles. The molecule has 1 aliphatic heterocycles. The molecule has 1 aromatic heterocycles. The molecule has 92 valence electrons. The van der Waals surface area contributed by atoms with Crippen LogP contribution in [-0.2, 0) is 4.74 Å². The van der Waals surface area contributed by atoms with Crippen LogP contribution in [0.5, 0.6) is 0 Å². The molecule has 0 aromatic carbocycles. The number of aromatic amines is 1. The zero-order valence-corrected chi connectivity index (χ0v) is 9.73. The van der Waals surface area contributed by atoms with E-state index in [1.807, 2.05) is 6.92 Å². The average molecular weight is 236 g/mol. The smallest absolute Gasteiger partial charge is 0.268 e. The summed E-state index contributed by atoms with van der Waals surface area (Å²) in [6.07, 6.45) is 2.08. The van der Waals surface area contributed by atoms with Crippen LogP contribution in [0.3, 0.4) is 0 Å². The molecular weight excluding hydrogens is 220 g/mol. The highest BCUT2D eigenvalue weighted by Gasteiger charge is 2.24. The zero-order chi connectivity index (χ0) is 12.3. The van der Waals surface area contributed by atoms with Crippen molar-refractivity contribution in [1.29, 1.82) is 0 Å². The lowest BCUT2D eigenvalue weighted by Gasteiger charge is -2.19. The number of rotatable bonds is 3. The molecule has 1 fully saturated rings. The van der Waals surface area contributed by atoms with Crippen LogP contribution in [0, 0.1) is 0 Å². The first kappa shape index (κ1) is 11.9. The molecule has 2 atom stereocenters. The molecule has 0 spiro atoms. The van der Waals surface area contributed by atoms with E-state index in [1.165, 1.54) is 6.07 Å². The monoisotopic (exact) mass is 236 g/mol. The van der Waals surface area contributed by atoms with Gasteiger partial charge in [-0.25, -0.2) is 0 Å². The Bertz CT molecular complexity index is 449. The van der Waals surface area contributed by atoms with Gasteiger partial charge in [0.1, 0.15) is 5.69 Å². The molecule has 0 radical (unpaired) electrons. The number of ether oxygens (including phenoxy) is 1. The number of H-pyrrole nitrogens is 1. The van der Waals surface area contributed by atoms with Crippen molar-refractivity contribution in [2.24, 2.45) is 0 Å². The van der Waals surface area contributed by atoms with Gasteiger partial charge in [0.05, 0.1) is 12.1 Å². The fourth-order valence-corrected chi connectivity index (χ4v) is 1.95. The van der Waals surface area contributed by atoms with E-state index in [2.05, 4.69) is 10.3 Å². The van der Waals surface area contributed by atoms with Gasteiger partial charge in [0.2, 0.25) is 5.56 Å². The van der Waals surface area contributed by atoms with Gasteiger partial charge >= 0.3 is 0 Å². The number of carbonyl (C=O) groups excluding carboxylic acids is 1. The summed E-state index contributed by atoms with van der Waals surface area (Å²) in [5, 5.41) is 2.83. The maximum Gasteiger partial charge on any atom is 0.268 e. The average Bonchev–Trinajstić information content (AvgIpc) is 2.82. The highest BCUT2D eigenvalue weighted by atomic mass is 16.5. The van der Waals surface area contributed by atoms with E-state index < -0.39 is 0 Å². The van der Waals surface area contributed by atoms with Crippen LogP contribution in [-0.4, -0.2) is 29.6 Å². The van der Waals surface area contributed by atoms with Crippen molar-refractivity contribution in [2.75, 3.05) is 6.61 Å². The van der Waals surface area contributed by atoms with Crippen LogP contribution in [0.4, 0.5) is 0 Å². The third-order valence-electron chi connectivity index (χ3n) is 2.89. The summed E-state index contributed by atoms with van der Waals surface area (Å²) >= 11 is 0. The van der Waals surface area contributed by atoms with Crippen LogP contribution in [0.1, 0.15) is 30.3 Å². The van der Waals surface area contributed by atoms with Crippen molar-refractivity contribution in [1.82, 2.24) is 10.3 Å². The number of hydrogen-bond donors (Lipinski definition) is 2. The van der Waals surface area contributed by atoms with E-state index in [4.69, 9.17) is 4.74 Å². The maximum absolute atomic E-state index is 11.8. The van der Waals surface area contributed by atoms with Gasteiger partial charge in [0.25, 0.3) is 5.91 Å². The standard InChI is InChI=1S/C12H16N2O3/c1-8(10-5-3-7-17-10)13-12(16)9-4-2-6-11(15)14-9/h2,4,6,8,10H,3,5,7H2,1H3,(H,13,16)(H,14,15).